The third-order valence-electron chi connectivity index (χ3n) is 4.93. The molecule has 1 amide bonds. The summed E-state index contributed by atoms with van der Waals surface area (Å²) >= 11 is 0. The van der Waals surface area contributed by atoms with Crippen molar-refractivity contribution in [2.45, 2.75) is 87.0 Å². The maximum Gasteiger partial charge on any atom is 0.407 e. The largest absolute Gasteiger partial charge is 0.485 e. The Kier molecular flexibility index (Phi) is 20.0. The molecule has 0 bridgehead atoms. The molecule has 41 heavy (non-hydrogen) atoms. The average molecular weight is 569 g/mol. The number of hydrogen-bond acceptors (Lipinski definition) is 6. The number of carbonyl (C=O) groups excluding carboxylic acids is 1. The van der Waals surface area contributed by atoms with Crippen LogP contribution < -0.4 is 20.1 Å². The van der Waals surface area contributed by atoms with E-state index in [2.05, 4.69) is 10.6 Å². The highest BCUT2D eigenvalue weighted by Gasteiger charge is 2.20. The Balaban J connectivity index is 0.00000250. The molecular weight excluding hydrogens is 516 g/mol. The third-order valence-corrected chi connectivity index (χ3v) is 4.93. The molecule has 0 aliphatic carbocycles. The van der Waals surface area contributed by atoms with Gasteiger partial charge in [0.05, 0.1) is 11.7 Å². The summed E-state index contributed by atoms with van der Waals surface area (Å²) in [4.78, 5) is 12.2. The van der Waals surface area contributed by atoms with Crippen molar-refractivity contribution >= 4 is 11.8 Å². The SMILES string of the molecule is CC.CC.CC.CC(C)(C)OC(=O)N[C@@H](CCO)CNc1ccccc1Oc1ccccc1OCc1ccccc1. The van der Waals surface area contributed by atoms with Crippen LogP contribution in [0.5, 0.6) is 17.2 Å². The molecule has 3 aromatic carbocycles. The van der Waals surface area contributed by atoms with Crippen LogP contribution >= 0.6 is 0 Å². The highest BCUT2D eigenvalue weighted by molar-refractivity contribution is 5.68. The molecule has 3 rings (SSSR count). The van der Waals surface area contributed by atoms with Crippen molar-refractivity contribution in [3.8, 4) is 17.2 Å². The average Bonchev–Trinajstić information content (AvgIpc) is 2.99. The minimum Gasteiger partial charge on any atom is -0.485 e. The number of benzene rings is 3. The lowest BCUT2D eigenvalue weighted by Crippen LogP contribution is -2.43. The molecule has 0 saturated heterocycles. The molecule has 0 fully saturated rings. The maximum absolute atomic E-state index is 12.2. The predicted molar refractivity (Wildman–Crippen MR) is 171 cm³/mol. The fourth-order valence-corrected chi connectivity index (χ4v) is 3.30. The van der Waals surface area contributed by atoms with E-state index in [0.717, 1.165) is 11.3 Å². The van der Waals surface area contributed by atoms with Crippen molar-refractivity contribution in [3.05, 3.63) is 84.4 Å². The number of anilines is 1. The van der Waals surface area contributed by atoms with Gasteiger partial charge in [-0.3, -0.25) is 0 Å². The van der Waals surface area contributed by atoms with Crippen LogP contribution in [0.25, 0.3) is 0 Å². The number of alkyl carbamates (subject to hydrolysis) is 1. The van der Waals surface area contributed by atoms with Crippen molar-refractivity contribution in [2.24, 2.45) is 0 Å². The highest BCUT2D eigenvalue weighted by Crippen LogP contribution is 2.35. The van der Waals surface area contributed by atoms with Gasteiger partial charge >= 0.3 is 6.09 Å². The first kappa shape index (κ1) is 37.3. The smallest absolute Gasteiger partial charge is 0.407 e. The van der Waals surface area contributed by atoms with Crippen LogP contribution in [0.1, 0.15) is 74.3 Å². The number of hydrogen-bond donors (Lipinski definition) is 3. The fourth-order valence-electron chi connectivity index (χ4n) is 3.30. The van der Waals surface area contributed by atoms with Gasteiger partial charge in [0.1, 0.15) is 12.2 Å². The molecule has 0 aromatic heterocycles. The van der Waals surface area contributed by atoms with E-state index >= 15 is 0 Å². The number of amides is 1. The number of ether oxygens (including phenoxy) is 3. The molecule has 0 saturated carbocycles. The van der Waals surface area contributed by atoms with Crippen LogP contribution in [0.15, 0.2) is 78.9 Å². The molecule has 0 aliphatic heterocycles. The predicted octanol–water partition coefficient (Wildman–Crippen LogP) is 8.82. The van der Waals surface area contributed by atoms with Crippen LogP contribution in [-0.4, -0.2) is 36.0 Å². The lowest BCUT2D eigenvalue weighted by Gasteiger charge is -2.24. The summed E-state index contributed by atoms with van der Waals surface area (Å²) in [5, 5.41) is 15.6. The van der Waals surface area contributed by atoms with Crippen molar-refractivity contribution < 1.29 is 24.1 Å². The van der Waals surface area contributed by atoms with Gasteiger partial charge in [0.25, 0.3) is 0 Å². The molecule has 7 nitrogen and oxygen atoms in total. The zero-order valence-electron chi connectivity index (χ0n) is 26.5. The van der Waals surface area contributed by atoms with Gasteiger partial charge in [-0.25, -0.2) is 4.79 Å². The van der Waals surface area contributed by atoms with Gasteiger partial charge in [0.2, 0.25) is 0 Å². The summed E-state index contributed by atoms with van der Waals surface area (Å²) < 4.78 is 17.6. The van der Waals surface area contributed by atoms with E-state index in [1.807, 2.05) is 120 Å². The van der Waals surface area contributed by atoms with Gasteiger partial charge in [-0.05, 0) is 57.0 Å². The molecule has 3 N–H and O–H groups in total. The zero-order chi connectivity index (χ0) is 31.1. The number of rotatable bonds is 11. The molecule has 228 valence electrons. The Labute approximate surface area is 248 Å². The topological polar surface area (TPSA) is 89.1 Å². The first-order valence-corrected chi connectivity index (χ1v) is 14.7. The van der Waals surface area contributed by atoms with E-state index < -0.39 is 11.7 Å². The first-order chi connectivity index (χ1) is 19.8. The van der Waals surface area contributed by atoms with Crippen molar-refractivity contribution in [3.63, 3.8) is 0 Å². The summed E-state index contributed by atoms with van der Waals surface area (Å²) in [6.07, 6.45) is -0.141. The summed E-state index contributed by atoms with van der Waals surface area (Å²) in [6.45, 7) is 18.2. The lowest BCUT2D eigenvalue weighted by atomic mass is 10.2. The van der Waals surface area contributed by atoms with E-state index in [9.17, 15) is 9.90 Å². The van der Waals surface area contributed by atoms with Gasteiger partial charge in [-0.2, -0.15) is 0 Å². The molecule has 0 aliphatic rings. The molecular formula is C34H52N2O5. The van der Waals surface area contributed by atoms with Crippen LogP contribution in [0.2, 0.25) is 0 Å². The Hall–Kier alpha value is -3.71. The van der Waals surface area contributed by atoms with Gasteiger partial charge in [0.15, 0.2) is 17.2 Å². The lowest BCUT2D eigenvalue weighted by molar-refractivity contribution is 0.0500. The minimum atomic E-state index is -0.600. The quantitative estimate of drug-likeness (QED) is 0.214. The number of aliphatic hydroxyl groups is 1. The van der Waals surface area contributed by atoms with Crippen molar-refractivity contribution in [2.75, 3.05) is 18.5 Å². The second kappa shape index (κ2) is 22.0. The van der Waals surface area contributed by atoms with E-state index in [-0.39, 0.29) is 12.6 Å². The van der Waals surface area contributed by atoms with Crippen LogP contribution in [0.3, 0.4) is 0 Å². The van der Waals surface area contributed by atoms with Gasteiger partial charge in [-0.1, -0.05) is 96.1 Å². The maximum atomic E-state index is 12.2. The number of carbonyl (C=O) groups is 1. The zero-order valence-corrected chi connectivity index (χ0v) is 26.5. The Morgan fingerprint density at radius 1 is 0.780 bits per heavy atom. The number of aliphatic hydroxyl groups excluding tert-OH is 1. The molecule has 1 atom stereocenters. The van der Waals surface area contributed by atoms with E-state index in [4.69, 9.17) is 14.2 Å². The summed E-state index contributed by atoms with van der Waals surface area (Å²) in [6, 6.07) is 24.7. The Bertz CT molecular complexity index is 1070. The van der Waals surface area contributed by atoms with Crippen LogP contribution in [0, 0.1) is 0 Å². The number of nitrogens with one attached hydrogen (secondary N) is 2. The van der Waals surface area contributed by atoms with Gasteiger partial charge in [-0.15, -0.1) is 0 Å². The molecule has 0 heterocycles. The van der Waals surface area contributed by atoms with Crippen molar-refractivity contribution in [1.29, 1.82) is 0 Å². The molecule has 3 aromatic rings. The summed E-state index contributed by atoms with van der Waals surface area (Å²) in [5.74, 6) is 1.84. The third kappa shape index (κ3) is 15.6. The standard InChI is InChI=1S/C28H34N2O5.3C2H6/c1-28(2,3)35-27(32)30-22(17-18-31)19-29-23-13-7-8-14-24(23)34-26-16-10-9-15-25(26)33-20-21-11-5-4-6-12-21;3*1-2/h4-16,22,29,31H,17-20H2,1-3H3,(H,30,32);3*1-2H3/t22-;;;/m0.../s1. The van der Waals surface area contributed by atoms with Gasteiger partial charge < -0.3 is 30.0 Å². The Morgan fingerprint density at radius 3 is 1.90 bits per heavy atom. The summed E-state index contributed by atoms with van der Waals surface area (Å²) in [5.41, 5.74) is 1.22. The summed E-state index contributed by atoms with van der Waals surface area (Å²) in [7, 11) is 0. The first-order valence-electron chi connectivity index (χ1n) is 14.7. The molecule has 0 radical (unpaired) electrons. The fraction of sp³-hybridized carbons (Fsp3) is 0.441. The van der Waals surface area contributed by atoms with Crippen LogP contribution in [-0.2, 0) is 11.3 Å². The van der Waals surface area contributed by atoms with Gasteiger partial charge in [0, 0.05) is 13.2 Å². The van der Waals surface area contributed by atoms with Crippen LogP contribution in [0.4, 0.5) is 10.5 Å². The van der Waals surface area contributed by atoms with E-state index in [1.165, 1.54) is 0 Å². The van der Waals surface area contributed by atoms with Crippen molar-refractivity contribution in [1.82, 2.24) is 5.32 Å². The van der Waals surface area contributed by atoms with E-state index in [1.54, 1.807) is 20.8 Å². The second-order valence-corrected chi connectivity index (χ2v) is 9.06. The normalized spacial score (nSPS) is 10.6. The molecule has 0 unspecified atom stereocenters. The number of para-hydroxylation sites is 4. The monoisotopic (exact) mass is 568 g/mol. The molecule has 0 spiro atoms. The molecule has 7 heteroatoms. The van der Waals surface area contributed by atoms with E-state index in [0.29, 0.717) is 36.8 Å². The highest BCUT2D eigenvalue weighted by atomic mass is 16.6. The minimum absolute atomic E-state index is 0.0631. The second-order valence-electron chi connectivity index (χ2n) is 9.06. The Morgan fingerprint density at radius 2 is 1.32 bits per heavy atom.